The van der Waals surface area contributed by atoms with Gasteiger partial charge in [-0.2, -0.15) is 0 Å². The average Bonchev–Trinajstić information content (AvgIpc) is 2.64. The van der Waals surface area contributed by atoms with E-state index in [9.17, 15) is 9.18 Å². The number of nitrogens with one attached hydrogen (secondary N) is 2. The van der Waals surface area contributed by atoms with Crippen molar-refractivity contribution < 1.29 is 9.18 Å². The van der Waals surface area contributed by atoms with Crippen LogP contribution in [0, 0.1) is 5.82 Å². The number of aromatic nitrogens is 1. The molecule has 24 heavy (non-hydrogen) atoms. The van der Waals surface area contributed by atoms with Crippen molar-refractivity contribution in [2.24, 2.45) is 0 Å². The first kappa shape index (κ1) is 16.4. The van der Waals surface area contributed by atoms with Crippen LogP contribution in [0.15, 0.2) is 36.5 Å². The van der Waals surface area contributed by atoms with Gasteiger partial charge in [-0.25, -0.2) is 9.37 Å². The van der Waals surface area contributed by atoms with Crippen molar-refractivity contribution in [1.29, 1.82) is 0 Å². The Morgan fingerprint density at radius 1 is 1.29 bits per heavy atom. The van der Waals surface area contributed by atoms with E-state index in [-0.39, 0.29) is 5.91 Å². The first-order valence-corrected chi connectivity index (χ1v) is 8.18. The fourth-order valence-electron chi connectivity index (χ4n) is 2.75. The lowest BCUT2D eigenvalue weighted by Gasteiger charge is -2.30. The maximum absolute atomic E-state index is 12.9. The molecule has 1 fully saturated rings. The second-order valence-electron chi connectivity index (χ2n) is 5.79. The topological polar surface area (TPSA) is 57.3 Å². The van der Waals surface area contributed by atoms with E-state index in [4.69, 9.17) is 0 Å². The molecule has 2 aromatic rings. The van der Waals surface area contributed by atoms with Crippen LogP contribution < -0.4 is 15.5 Å². The summed E-state index contributed by atoms with van der Waals surface area (Å²) >= 11 is 0. The first-order chi connectivity index (χ1) is 11.7. The number of carbonyl (C=O) groups excluding carboxylic acids is 1. The van der Waals surface area contributed by atoms with Gasteiger partial charge in [0, 0.05) is 37.4 Å². The molecule has 2 heterocycles. The number of hydrogen-bond donors (Lipinski definition) is 2. The molecule has 0 radical (unpaired) electrons. The lowest BCUT2D eigenvalue weighted by Crippen LogP contribution is -2.43. The molecule has 1 aromatic heterocycles. The van der Waals surface area contributed by atoms with Gasteiger partial charge in [-0.15, -0.1) is 0 Å². The second kappa shape index (κ2) is 7.40. The highest BCUT2D eigenvalue weighted by molar-refractivity contribution is 6.04. The lowest BCUT2D eigenvalue weighted by atomic mass is 10.1. The van der Waals surface area contributed by atoms with E-state index < -0.39 is 5.82 Å². The molecule has 1 aliphatic heterocycles. The van der Waals surface area contributed by atoms with Crippen LogP contribution in [-0.4, -0.2) is 37.1 Å². The van der Waals surface area contributed by atoms with Crippen molar-refractivity contribution in [1.82, 2.24) is 10.3 Å². The predicted octanol–water partition coefficient (Wildman–Crippen LogP) is 2.45. The van der Waals surface area contributed by atoms with Crippen LogP contribution >= 0.6 is 0 Å². The van der Waals surface area contributed by atoms with Crippen molar-refractivity contribution >= 4 is 17.4 Å². The van der Waals surface area contributed by atoms with Gasteiger partial charge in [-0.05, 0) is 42.3 Å². The van der Waals surface area contributed by atoms with Gasteiger partial charge in [0.1, 0.15) is 11.6 Å². The van der Waals surface area contributed by atoms with Crippen molar-refractivity contribution in [3.8, 4) is 0 Å². The van der Waals surface area contributed by atoms with E-state index in [2.05, 4.69) is 33.5 Å². The van der Waals surface area contributed by atoms with E-state index in [1.165, 1.54) is 12.1 Å². The SMILES string of the molecule is CCc1cc(C(=O)Nc2ccc(F)cn2)cc(N2CCNCC2)c1. The van der Waals surface area contributed by atoms with Crippen molar-refractivity contribution in [2.45, 2.75) is 13.3 Å². The van der Waals surface area contributed by atoms with E-state index >= 15 is 0 Å². The van der Waals surface area contributed by atoms with Crippen LogP contribution in [0.5, 0.6) is 0 Å². The normalized spacial score (nSPS) is 14.5. The first-order valence-electron chi connectivity index (χ1n) is 8.18. The number of anilines is 2. The van der Waals surface area contributed by atoms with Gasteiger partial charge in [-0.1, -0.05) is 6.92 Å². The number of piperazine rings is 1. The molecular formula is C18H21FN4O. The number of hydrogen-bond acceptors (Lipinski definition) is 4. The molecule has 1 saturated heterocycles. The Bertz CT molecular complexity index is 711. The molecule has 0 unspecified atom stereocenters. The number of rotatable bonds is 4. The molecule has 2 N–H and O–H groups in total. The number of halogens is 1. The molecule has 0 spiro atoms. The second-order valence-corrected chi connectivity index (χ2v) is 5.79. The molecule has 0 saturated carbocycles. The van der Waals surface area contributed by atoms with Gasteiger partial charge in [0.2, 0.25) is 0 Å². The molecule has 5 nitrogen and oxygen atoms in total. The molecule has 1 aliphatic rings. The number of aryl methyl sites for hydroxylation is 1. The van der Waals surface area contributed by atoms with Gasteiger partial charge in [-0.3, -0.25) is 4.79 Å². The van der Waals surface area contributed by atoms with Gasteiger partial charge >= 0.3 is 0 Å². The van der Waals surface area contributed by atoms with Crippen LogP contribution in [0.1, 0.15) is 22.8 Å². The Labute approximate surface area is 140 Å². The van der Waals surface area contributed by atoms with Crippen molar-refractivity contribution in [3.05, 3.63) is 53.5 Å². The van der Waals surface area contributed by atoms with E-state index in [0.29, 0.717) is 11.4 Å². The number of nitrogens with zero attached hydrogens (tertiary/aromatic N) is 2. The van der Waals surface area contributed by atoms with Crippen LogP contribution in [0.3, 0.4) is 0 Å². The summed E-state index contributed by atoms with van der Waals surface area (Å²) in [6, 6.07) is 8.66. The van der Waals surface area contributed by atoms with Gasteiger partial charge < -0.3 is 15.5 Å². The minimum atomic E-state index is -0.429. The van der Waals surface area contributed by atoms with Gasteiger partial charge in [0.15, 0.2) is 0 Å². The molecule has 0 bridgehead atoms. The maximum atomic E-state index is 12.9. The summed E-state index contributed by atoms with van der Waals surface area (Å²) in [6.45, 7) is 5.80. The monoisotopic (exact) mass is 328 g/mol. The smallest absolute Gasteiger partial charge is 0.256 e. The summed E-state index contributed by atoms with van der Waals surface area (Å²) < 4.78 is 12.9. The number of pyridine rings is 1. The van der Waals surface area contributed by atoms with Crippen molar-refractivity contribution in [2.75, 3.05) is 36.4 Å². The maximum Gasteiger partial charge on any atom is 0.256 e. The fourth-order valence-corrected chi connectivity index (χ4v) is 2.75. The Morgan fingerprint density at radius 3 is 2.75 bits per heavy atom. The fraction of sp³-hybridized carbons (Fsp3) is 0.333. The van der Waals surface area contributed by atoms with Crippen molar-refractivity contribution in [3.63, 3.8) is 0 Å². The van der Waals surface area contributed by atoms with Crippen LogP contribution in [0.4, 0.5) is 15.9 Å². The summed E-state index contributed by atoms with van der Waals surface area (Å²) in [4.78, 5) is 18.7. The third-order valence-corrected chi connectivity index (χ3v) is 4.10. The highest BCUT2D eigenvalue weighted by atomic mass is 19.1. The standard InChI is InChI=1S/C18H21FN4O/c1-2-13-9-14(11-16(10-13)23-7-5-20-6-8-23)18(24)22-17-4-3-15(19)12-21-17/h3-4,9-12,20H,2,5-8H2,1H3,(H,21,22,24). The number of benzene rings is 1. The largest absolute Gasteiger partial charge is 0.369 e. The molecule has 6 heteroatoms. The van der Waals surface area contributed by atoms with E-state index in [1.807, 2.05) is 12.1 Å². The van der Waals surface area contributed by atoms with E-state index in [1.54, 1.807) is 0 Å². The number of carbonyl (C=O) groups is 1. The Hall–Kier alpha value is -2.47. The summed E-state index contributed by atoms with van der Waals surface area (Å²) in [7, 11) is 0. The summed E-state index contributed by atoms with van der Waals surface area (Å²) in [5.41, 5.74) is 2.77. The molecule has 0 atom stereocenters. The summed E-state index contributed by atoms with van der Waals surface area (Å²) in [5, 5.41) is 6.05. The third-order valence-electron chi connectivity index (χ3n) is 4.10. The highest BCUT2D eigenvalue weighted by Gasteiger charge is 2.15. The van der Waals surface area contributed by atoms with Crippen LogP contribution in [-0.2, 0) is 6.42 Å². The van der Waals surface area contributed by atoms with Gasteiger partial charge in [0.05, 0.1) is 6.20 Å². The minimum absolute atomic E-state index is 0.235. The third kappa shape index (κ3) is 3.89. The average molecular weight is 328 g/mol. The minimum Gasteiger partial charge on any atom is -0.369 e. The Balaban J connectivity index is 1.82. The summed E-state index contributed by atoms with van der Waals surface area (Å²) in [6.07, 6.45) is 1.94. The quantitative estimate of drug-likeness (QED) is 0.905. The summed E-state index contributed by atoms with van der Waals surface area (Å²) in [5.74, 6) is -0.324. The molecule has 1 aromatic carbocycles. The Morgan fingerprint density at radius 2 is 2.08 bits per heavy atom. The molecular weight excluding hydrogens is 307 g/mol. The molecule has 126 valence electrons. The van der Waals surface area contributed by atoms with E-state index in [0.717, 1.165) is 50.0 Å². The number of amides is 1. The lowest BCUT2D eigenvalue weighted by molar-refractivity contribution is 0.102. The molecule has 1 amide bonds. The zero-order valence-corrected chi connectivity index (χ0v) is 13.7. The Kier molecular flexibility index (Phi) is 5.05. The zero-order chi connectivity index (χ0) is 16.9. The highest BCUT2D eigenvalue weighted by Crippen LogP contribution is 2.21. The van der Waals surface area contributed by atoms with Crippen LogP contribution in [0.2, 0.25) is 0 Å². The van der Waals surface area contributed by atoms with Crippen LogP contribution in [0.25, 0.3) is 0 Å². The molecule has 0 aliphatic carbocycles. The van der Waals surface area contributed by atoms with Gasteiger partial charge in [0.25, 0.3) is 5.91 Å². The molecule has 3 rings (SSSR count). The zero-order valence-electron chi connectivity index (χ0n) is 13.7. The predicted molar refractivity (Wildman–Crippen MR) is 93.1 cm³/mol.